The second kappa shape index (κ2) is 5.97. The Morgan fingerprint density at radius 3 is 1.88 bits per heavy atom. The summed E-state index contributed by atoms with van der Waals surface area (Å²) >= 11 is 0. The molecule has 0 atom stereocenters. The van der Waals surface area contributed by atoms with Gasteiger partial charge in [-0.15, -0.1) is 3.63 Å². The molecule has 13 heteroatoms. The summed E-state index contributed by atoms with van der Waals surface area (Å²) in [5.41, 5.74) is -12.2. The smallest absolute Gasteiger partial charge is 0.202 e. The van der Waals surface area contributed by atoms with E-state index < -0.39 is 42.1 Å². The van der Waals surface area contributed by atoms with Gasteiger partial charge in [-0.05, 0) is 21.7 Å². The molecule has 0 aromatic heterocycles. The van der Waals surface area contributed by atoms with Gasteiger partial charge in [-0.3, -0.25) is 0 Å². The van der Waals surface area contributed by atoms with Crippen molar-refractivity contribution in [3.05, 3.63) is 30.3 Å². The maximum Gasteiger partial charge on any atom is 0.524 e. The van der Waals surface area contributed by atoms with Crippen LogP contribution < -0.4 is 0 Å². The minimum absolute atomic E-state index is 0.0875. The van der Waals surface area contributed by atoms with E-state index in [1.807, 2.05) is 0 Å². The van der Waals surface area contributed by atoms with Crippen molar-refractivity contribution < 1.29 is 42.6 Å². The summed E-state index contributed by atoms with van der Waals surface area (Å²) < 4.78 is 118. The van der Waals surface area contributed by atoms with Crippen molar-refractivity contribution in [3.63, 3.8) is 0 Å². The van der Waals surface area contributed by atoms with Crippen LogP contribution in [0.5, 0.6) is 0 Å². The third kappa shape index (κ3) is 2.93. The fraction of sp³-hybridized carbons (Fsp3) is 0.455. The Morgan fingerprint density at radius 1 is 1.08 bits per heavy atom. The van der Waals surface area contributed by atoms with Crippen LogP contribution in [0.3, 0.4) is 0 Å². The van der Waals surface area contributed by atoms with Crippen molar-refractivity contribution in [1.82, 2.24) is 4.31 Å². The maximum atomic E-state index is 13.7. The summed E-state index contributed by atoms with van der Waals surface area (Å²) in [6, 6.07) is 4.30. The molecule has 1 rings (SSSR count). The highest BCUT2D eigenvalue weighted by Crippen LogP contribution is 2.55. The molecule has 1 aromatic carbocycles. The Balaban J connectivity index is 3.93. The molecule has 5 nitrogen and oxygen atoms in total. The summed E-state index contributed by atoms with van der Waals surface area (Å²) in [6.45, 7) is 0.332. The number of benzene rings is 1. The Bertz CT molecular complexity index is 759. The standard InChI is InChI=1S/C11H13F6NO4S2/c1-3-18(2)24(21,11(15,16)17,9-7-5-4-6-8-9)22-23(19,20)10(12,13)14/h4-8H,3H2,1-2H3. The van der Waals surface area contributed by atoms with Crippen LogP contribution in [-0.4, -0.2) is 41.5 Å². The van der Waals surface area contributed by atoms with Crippen LogP contribution >= 0.6 is 0 Å². The van der Waals surface area contributed by atoms with Gasteiger partial charge in [0.05, 0.1) is 4.90 Å². The van der Waals surface area contributed by atoms with Crippen molar-refractivity contribution in [2.75, 3.05) is 13.6 Å². The zero-order chi connectivity index (χ0) is 19.1. The summed E-state index contributed by atoms with van der Waals surface area (Å²) in [5.74, 6) is 0. The minimum atomic E-state index is -7.13. The fourth-order valence-electron chi connectivity index (χ4n) is 1.72. The van der Waals surface area contributed by atoms with Crippen LogP contribution in [-0.2, 0) is 23.3 Å². The molecule has 0 aliphatic rings. The highest BCUT2D eigenvalue weighted by Gasteiger charge is 2.66. The third-order valence-electron chi connectivity index (χ3n) is 3.08. The molecular weight excluding hydrogens is 388 g/mol. The number of rotatable bonds is 5. The molecule has 0 bridgehead atoms. The molecule has 24 heavy (non-hydrogen) atoms. The van der Waals surface area contributed by atoms with Crippen LogP contribution in [0, 0.1) is 0 Å². The van der Waals surface area contributed by atoms with E-state index in [2.05, 4.69) is 3.63 Å². The van der Waals surface area contributed by atoms with Gasteiger partial charge in [0.2, 0.25) is 0 Å². The first-order valence-electron chi connectivity index (χ1n) is 6.14. The first kappa shape index (κ1) is 20.9. The molecule has 0 unspecified atom stereocenters. The molecule has 0 fully saturated rings. The summed E-state index contributed by atoms with van der Waals surface area (Å²) in [4.78, 5) is -1.25. The largest absolute Gasteiger partial charge is 0.524 e. The lowest BCUT2D eigenvalue weighted by Crippen LogP contribution is -2.61. The van der Waals surface area contributed by atoms with Crippen molar-refractivity contribution in [2.45, 2.75) is 22.8 Å². The van der Waals surface area contributed by atoms with Crippen LogP contribution in [0.15, 0.2) is 35.2 Å². The first-order valence-corrected chi connectivity index (χ1v) is 9.40. The SMILES string of the molecule is CCN(C)S(=O)(OS(=O)(=O)C(F)(F)F)(c1ccccc1)C(F)(F)F. The molecule has 0 spiro atoms. The summed E-state index contributed by atoms with van der Waals surface area (Å²) in [6.07, 6.45) is 0. The van der Waals surface area contributed by atoms with Gasteiger partial charge in [-0.25, -0.2) is 4.31 Å². The molecule has 0 aliphatic heterocycles. The average molecular weight is 401 g/mol. The fourth-order valence-corrected chi connectivity index (χ4v) is 6.48. The Hall–Kier alpha value is -1.18. The monoisotopic (exact) mass is 401 g/mol. The lowest BCUT2D eigenvalue weighted by atomic mass is 10.4. The van der Waals surface area contributed by atoms with Crippen molar-refractivity contribution in [2.24, 2.45) is 0 Å². The number of hydrogen-bond acceptors (Lipinski definition) is 4. The third-order valence-corrected chi connectivity index (χ3v) is 8.68. The van der Waals surface area contributed by atoms with Gasteiger partial charge in [0.1, 0.15) is 0 Å². The highest BCUT2D eigenvalue weighted by molar-refractivity contribution is 8.19. The molecular formula is C11H13F6NO4S2. The highest BCUT2D eigenvalue weighted by atomic mass is 32.3. The molecule has 0 saturated heterocycles. The quantitative estimate of drug-likeness (QED) is 0.562. The number of alkyl halides is 6. The van der Waals surface area contributed by atoms with Crippen LogP contribution in [0.4, 0.5) is 26.3 Å². The Kier molecular flexibility index (Phi) is 5.19. The Labute approximate surface area is 134 Å². The van der Waals surface area contributed by atoms with E-state index in [9.17, 15) is 39.0 Å². The van der Waals surface area contributed by atoms with Gasteiger partial charge in [0.15, 0.2) is 0 Å². The predicted molar refractivity (Wildman–Crippen MR) is 73.3 cm³/mol. The van der Waals surface area contributed by atoms with Crippen molar-refractivity contribution in [1.29, 1.82) is 0 Å². The topological polar surface area (TPSA) is 63.7 Å². The zero-order valence-electron chi connectivity index (χ0n) is 12.3. The van der Waals surface area contributed by atoms with E-state index in [1.54, 1.807) is 0 Å². The lowest BCUT2D eigenvalue weighted by molar-refractivity contribution is -0.0654. The number of nitrogens with zero attached hydrogens (tertiary/aromatic N) is 1. The van der Waals surface area contributed by atoms with Gasteiger partial charge < -0.3 is 0 Å². The van der Waals surface area contributed by atoms with Gasteiger partial charge in [0, 0.05) is 13.6 Å². The number of hydrogen-bond donors (Lipinski definition) is 0. The molecule has 0 aliphatic carbocycles. The molecule has 0 saturated carbocycles. The van der Waals surface area contributed by atoms with E-state index >= 15 is 0 Å². The normalized spacial score (nSPS) is 16.0. The molecule has 0 amide bonds. The summed E-state index contributed by atoms with van der Waals surface area (Å²) in [7, 11) is -13.4. The van der Waals surface area contributed by atoms with Crippen molar-refractivity contribution in [3.8, 4) is 0 Å². The van der Waals surface area contributed by atoms with E-state index in [4.69, 9.17) is 0 Å². The molecule has 1 aromatic rings. The van der Waals surface area contributed by atoms with Crippen LogP contribution in [0.25, 0.3) is 0 Å². The predicted octanol–water partition coefficient (Wildman–Crippen LogP) is 3.03. The van der Waals surface area contributed by atoms with Crippen LogP contribution in [0.2, 0.25) is 0 Å². The molecule has 0 heterocycles. The van der Waals surface area contributed by atoms with Gasteiger partial charge in [0.25, 0.3) is 0 Å². The molecule has 0 N–H and O–H groups in total. The maximum absolute atomic E-state index is 13.7. The van der Waals surface area contributed by atoms with Gasteiger partial charge in [-0.2, -0.15) is 39.0 Å². The van der Waals surface area contributed by atoms with Gasteiger partial charge in [-0.1, -0.05) is 25.1 Å². The first-order chi connectivity index (χ1) is 10.6. The van der Waals surface area contributed by atoms with Crippen molar-refractivity contribution >= 4 is 19.7 Å². The van der Waals surface area contributed by atoms with Crippen LogP contribution in [0.1, 0.15) is 6.92 Å². The molecule has 140 valence electrons. The lowest BCUT2D eigenvalue weighted by Gasteiger charge is -2.52. The van der Waals surface area contributed by atoms with E-state index in [1.165, 1.54) is 6.07 Å². The molecule has 0 radical (unpaired) electrons. The Morgan fingerprint density at radius 2 is 1.54 bits per heavy atom. The second-order valence-electron chi connectivity index (χ2n) is 4.51. The summed E-state index contributed by atoms with van der Waals surface area (Å²) in [5, 5.41) is 0. The second-order valence-corrected chi connectivity index (χ2v) is 9.65. The van der Waals surface area contributed by atoms with E-state index in [0.717, 1.165) is 19.1 Å². The zero-order valence-corrected chi connectivity index (χ0v) is 13.9. The van der Waals surface area contributed by atoms with E-state index in [-0.39, 0.29) is 4.31 Å². The number of halogens is 6. The van der Waals surface area contributed by atoms with Gasteiger partial charge >= 0.3 is 21.1 Å². The average Bonchev–Trinajstić information content (AvgIpc) is 2.44. The van der Waals surface area contributed by atoms with E-state index in [0.29, 0.717) is 19.2 Å². The minimum Gasteiger partial charge on any atom is -0.202 e.